The van der Waals surface area contributed by atoms with E-state index < -0.39 is 15.9 Å². The fraction of sp³-hybridized carbons (Fsp3) is 0.167. The van der Waals surface area contributed by atoms with Gasteiger partial charge >= 0.3 is 5.91 Å². The number of amides is 1. The smallest absolute Gasteiger partial charge is 0.303 e. The van der Waals surface area contributed by atoms with Crippen LogP contribution >= 0.6 is 0 Å². The minimum absolute atomic E-state index is 0.0612. The Morgan fingerprint density at radius 2 is 1.85 bits per heavy atom. The number of nitrogen functional groups attached to an aromatic ring is 1. The van der Waals surface area contributed by atoms with Gasteiger partial charge in [-0.15, -0.1) is 0 Å². The Morgan fingerprint density at radius 1 is 1.25 bits per heavy atom. The average Bonchev–Trinajstić information content (AvgIpc) is 2.70. The molecule has 1 amide bonds. The number of nitrogens with two attached hydrogens (primary N) is 1. The summed E-state index contributed by atoms with van der Waals surface area (Å²) in [6.07, 6.45) is 0. The fourth-order valence-electron chi connectivity index (χ4n) is 1.50. The molecule has 0 aliphatic carbocycles. The van der Waals surface area contributed by atoms with E-state index in [9.17, 15) is 13.2 Å². The molecule has 106 valence electrons. The van der Waals surface area contributed by atoms with Crippen LogP contribution in [0.2, 0.25) is 0 Å². The van der Waals surface area contributed by atoms with Crippen molar-refractivity contribution in [2.24, 2.45) is 0 Å². The van der Waals surface area contributed by atoms with Crippen LogP contribution in [-0.2, 0) is 10.0 Å². The molecule has 8 heteroatoms. The molecule has 2 aromatic rings. The fourth-order valence-corrected chi connectivity index (χ4v) is 2.45. The summed E-state index contributed by atoms with van der Waals surface area (Å²) in [5.41, 5.74) is 6.93. The second-order valence-electron chi connectivity index (χ2n) is 4.23. The highest BCUT2D eigenvalue weighted by Gasteiger charge is 2.23. The first kappa shape index (κ1) is 14.1. The molecule has 0 aliphatic rings. The summed E-state index contributed by atoms with van der Waals surface area (Å²) in [6, 6.07) is 5.48. The van der Waals surface area contributed by atoms with Crippen molar-refractivity contribution in [1.82, 2.24) is 9.88 Å². The lowest BCUT2D eigenvalue weighted by atomic mass is 10.2. The van der Waals surface area contributed by atoms with E-state index in [1.807, 2.05) is 4.72 Å². The molecule has 1 aromatic carbocycles. The number of carbonyl (C=O) groups is 1. The molecule has 1 heterocycles. The predicted octanol–water partition coefficient (Wildman–Crippen LogP) is 0.992. The van der Waals surface area contributed by atoms with Crippen LogP contribution in [0.15, 0.2) is 33.7 Å². The maximum atomic E-state index is 12.0. The number of nitrogens with one attached hydrogen (secondary N) is 1. The number of aryl methyl sites for hydroxylation is 1. The maximum Gasteiger partial charge on any atom is 0.303 e. The number of hydrogen-bond acceptors (Lipinski definition) is 6. The van der Waals surface area contributed by atoms with Crippen LogP contribution in [-0.4, -0.2) is 19.5 Å². The van der Waals surface area contributed by atoms with Gasteiger partial charge in [0, 0.05) is 11.3 Å². The van der Waals surface area contributed by atoms with E-state index in [1.165, 1.54) is 24.3 Å². The monoisotopic (exact) mass is 295 g/mol. The van der Waals surface area contributed by atoms with Crippen LogP contribution in [0.25, 0.3) is 0 Å². The summed E-state index contributed by atoms with van der Waals surface area (Å²) >= 11 is 0. The van der Waals surface area contributed by atoms with Gasteiger partial charge in [-0.1, -0.05) is 5.16 Å². The van der Waals surface area contributed by atoms with Crippen molar-refractivity contribution in [3.8, 4) is 0 Å². The van der Waals surface area contributed by atoms with Gasteiger partial charge in [0.1, 0.15) is 0 Å². The summed E-state index contributed by atoms with van der Waals surface area (Å²) in [5.74, 6) is -0.985. The summed E-state index contributed by atoms with van der Waals surface area (Å²) in [5, 5.41) is 3.60. The summed E-state index contributed by atoms with van der Waals surface area (Å²) in [4.78, 5) is 11.8. The van der Waals surface area contributed by atoms with Gasteiger partial charge in [-0.05, 0) is 38.1 Å². The molecule has 0 unspecified atom stereocenters. The zero-order valence-electron chi connectivity index (χ0n) is 10.9. The Hall–Kier alpha value is -2.35. The predicted molar refractivity (Wildman–Crippen MR) is 71.5 cm³/mol. The third-order valence-electron chi connectivity index (χ3n) is 2.78. The van der Waals surface area contributed by atoms with Crippen molar-refractivity contribution >= 4 is 21.6 Å². The lowest BCUT2D eigenvalue weighted by Crippen LogP contribution is -2.30. The van der Waals surface area contributed by atoms with Crippen LogP contribution in [0, 0.1) is 13.8 Å². The topological polar surface area (TPSA) is 115 Å². The van der Waals surface area contributed by atoms with Crippen molar-refractivity contribution < 1.29 is 17.7 Å². The van der Waals surface area contributed by atoms with Gasteiger partial charge in [0.2, 0.25) is 5.76 Å². The van der Waals surface area contributed by atoms with Crippen molar-refractivity contribution in [2.75, 3.05) is 5.73 Å². The van der Waals surface area contributed by atoms with Gasteiger partial charge in [-0.2, -0.15) is 0 Å². The van der Waals surface area contributed by atoms with E-state index in [4.69, 9.17) is 10.3 Å². The minimum Gasteiger partial charge on any atom is -0.399 e. The number of rotatable bonds is 3. The molecule has 0 atom stereocenters. The molecule has 0 fully saturated rings. The molecular weight excluding hydrogens is 282 g/mol. The number of nitrogens with zero attached hydrogens (tertiary/aromatic N) is 1. The van der Waals surface area contributed by atoms with E-state index in [0.29, 0.717) is 16.9 Å². The summed E-state index contributed by atoms with van der Waals surface area (Å²) in [7, 11) is -3.97. The Balaban J connectivity index is 2.27. The van der Waals surface area contributed by atoms with Crippen LogP contribution in [0.4, 0.5) is 5.69 Å². The van der Waals surface area contributed by atoms with Gasteiger partial charge in [0.15, 0.2) is 0 Å². The zero-order valence-corrected chi connectivity index (χ0v) is 11.7. The maximum absolute atomic E-state index is 12.0. The van der Waals surface area contributed by atoms with Crippen LogP contribution < -0.4 is 10.5 Å². The highest BCUT2D eigenvalue weighted by atomic mass is 32.2. The van der Waals surface area contributed by atoms with Gasteiger partial charge in [-0.3, -0.25) is 4.79 Å². The molecule has 0 saturated carbocycles. The molecule has 1 aromatic heterocycles. The first-order valence-electron chi connectivity index (χ1n) is 5.67. The molecule has 0 aliphatic heterocycles. The van der Waals surface area contributed by atoms with Crippen molar-refractivity contribution in [2.45, 2.75) is 18.7 Å². The first-order chi connectivity index (χ1) is 9.31. The second kappa shape index (κ2) is 4.97. The largest absolute Gasteiger partial charge is 0.399 e. The van der Waals surface area contributed by atoms with E-state index in [0.717, 1.165) is 0 Å². The number of anilines is 1. The Labute approximate surface area is 115 Å². The van der Waals surface area contributed by atoms with E-state index in [2.05, 4.69) is 5.16 Å². The molecule has 20 heavy (non-hydrogen) atoms. The summed E-state index contributed by atoms with van der Waals surface area (Å²) < 4.78 is 30.8. The van der Waals surface area contributed by atoms with Crippen LogP contribution in [0.5, 0.6) is 0 Å². The zero-order chi connectivity index (χ0) is 14.9. The average molecular weight is 295 g/mol. The molecule has 0 radical (unpaired) electrons. The minimum atomic E-state index is -3.97. The SMILES string of the molecule is Cc1noc(C(=O)NS(=O)(=O)c2ccc(N)cc2)c1C. The lowest BCUT2D eigenvalue weighted by Gasteiger charge is -2.05. The molecule has 2 rings (SSSR count). The quantitative estimate of drug-likeness (QED) is 0.816. The van der Waals surface area contributed by atoms with Crippen molar-refractivity contribution in [3.05, 3.63) is 41.3 Å². The summed E-state index contributed by atoms with van der Waals surface area (Å²) in [6.45, 7) is 3.28. The van der Waals surface area contributed by atoms with Gasteiger partial charge in [-0.25, -0.2) is 13.1 Å². The molecule has 0 spiro atoms. The number of benzene rings is 1. The Morgan fingerprint density at radius 3 is 2.35 bits per heavy atom. The highest BCUT2D eigenvalue weighted by Crippen LogP contribution is 2.15. The Bertz CT molecular complexity index is 748. The lowest BCUT2D eigenvalue weighted by molar-refractivity contribution is 0.0944. The number of aromatic nitrogens is 1. The number of carbonyl (C=O) groups excluding carboxylic acids is 1. The molecule has 3 N–H and O–H groups in total. The molecule has 7 nitrogen and oxygen atoms in total. The number of hydrogen-bond donors (Lipinski definition) is 2. The van der Waals surface area contributed by atoms with E-state index in [1.54, 1.807) is 13.8 Å². The van der Waals surface area contributed by atoms with Crippen molar-refractivity contribution in [3.63, 3.8) is 0 Å². The molecular formula is C12H13N3O4S. The van der Waals surface area contributed by atoms with E-state index in [-0.39, 0.29) is 10.7 Å². The molecule has 0 bridgehead atoms. The number of sulfonamides is 1. The van der Waals surface area contributed by atoms with Crippen LogP contribution in [0.3, 0.4) is 0 Å². The van der Waals surface area contributed by atoms with E-state index >= 15 is 0 Å². The third-order valence-corrected chi connectivity index (χ3v) is 4.13. The third kappa shape index (κ3) is 2.64. The first-order valence-corrected chi connectivity index (χ1v) is 7.15. The van der Waals surface area contributed by atoms with Gasteiger partial charge in [0.05, 0.1) is 10.6 Å². The van der Waals surface area contributed by atoms with Crippen LogP contribution in [0.1, 0.15) is 21.8 Å². The van der Waals surface area contributed by atoms with Gasteiger partial charge < -0.3 is 10.3 Å². The Kier molecular flexibility index (Phi) is 3.49. The van der Waals surface area contributed by atoms with Gasteiger partial charge in [0.25, 0.3) is 10.0 Å². The van der Waals surface area contributed by atoms with Crippen molar-refractivity contribution in [1.29, 1.82) is 0 Å². The molecule has 0 saturated heterocycles. The standard InChI is InChI=1S/C12H13N3O4S/c1-7-8(2)14-19-11(7)12(16)15-20(17,18)10-5-3-9(13)4-6-10/h3-6H,13H2,1-2H3,(H,15,16). The second-order valence-corrected chi connectivity index (χ2v) is 5.91. The highest BCUT2D eigenvalue weighted by molar-refractivity contribution is 7.90. The normalized spacial score (nSPS) is 11.3.